The highest BCUT2D eigenvalue weighted by atomic mass is 35.5. The van der Waals surface area contributed by atoms with Crippen LogP contribution in [0.15, 0.2) is 18.2 Å². The Labute approximate surface area is 116 Å². The minimum absolute atomic E-state index is 0.555. The maximum Gasteiger partial charge on any atom is 0.184 e. The normalized spacial score (nSPS) is 27.8. The number of thiazole rings is 1. The summed E-state index contributed by atoms with van der Waals surface area (Å²) in [6, 6.07) is 6.45. The zero-order valence-corrected chi connectivity index (χ0v) is 12.2. The third-order valence-electron chi connectivity index (χ3n) is 4.14. The van der Waals surface area contributed by atoms with E-state index in [4.69, 9.17) is 11.6 Å². The van der Waals surface area contributed by atoms with Gasteiger partial charge in [0.2, 0.25) is 0 Å². The molecule has 3 unspecified atom stereocenters. The maximum absolute atomic E-state index is 6.18. The summed E-state index contributed by atoms with van der Waals surface area (Å²) in [7, 11) is 0. The predicted molar refractivity (Wildman–Crippen MR) is 79.6 cm³/mol. The Hall–Kier alpha value is -0.800. The lowest BCUT2D eigenvalue weighted by Gasteiger charge is -2.18. The first-order chi connectivity index (χ1) is 8.65. The van der Waals surface area contributed by atoms with E-state index in [2.05, 4.69) is 24.1 Å². The number of hydrogen-bond acceptors (Lipinski definition) is 3. The predicted octanol–water partition coefficient (Wildman–Crippen LogP) is 4.80. The first kappa shape index (κ1) is 12.2. The number of rotatable bonds is 2. The molecular weight excluding hydrogens is 264 g/mol. The SMILES string of the molecule is CC1CCC(Nc2nc3cccc(Cl)c3s2)C1C. The van der Waals surface area contributed by atoms with Crippen molar-refractivity contribution in [2.24, 2.45) is 11.8 Å². The van der Waals surface area contributed by atoms with Crippen LogP contribution in [0.2, 0.25) is 5.02 Å². The van der Waals surface area contributed by atoms with Crippen LogP contribution >= 0.6 is 22.9 Å². The molecule has 0 bridgehead atoms. The van der Waals surface area contributed by atoms with E-state index in [1.54, 1.807) is 11.3 Å². The summed E-state index contributed by atoms with van der Waals surface area (Å²) < 4.78 is 1.08. The van der Waals surface area contributed by atoms with Gasteiger partial charge in [0.1, 0.15) is 0 Å². The molecule has 1 aromatic heterocycles. The van der Waals surface area contributed by atoms with Gasteiger partial charge in [-0.2, -0.15) is 0 Å². The van der Waals surface area contributed by atoms with Crippen molar-refractivity contribution in [3.63, 3.8) is 0 Å². The Balaban J connectivity index is 1.85. The van der Waals surface area contributed by atoms with E-state index in [-0.39, 0.29) is 0 Å². The number of fused-ring (bicyclic) bond motifs is 1. The van der Waals surface area contributed by atoms with Crippen LogP contribution in [0.4, 0.5) is 5.13 Å². The van der Waals surface area contributed by atoms with Crippen LogP contribution in [0.1, 0.15) is 26.7 Å². The minimum Gasteiger partial charge on any atom is -0.358 e. The zero-order valence-electron chi connectivity index (χ0n) is 10.6. The monoisotopic (exact) mass is 280 g/mol. The largest absolute Gasteiger partial charge is 0.358 e. The minimum atomic E-state index is 0.555. The molecule has 0 aliphatic heterocycles. The van der Waals surface area contributed by atoms with E-state index in [0.717, 1.165) is 26.3 Å². The fraction of sp³-hybridized carbons (Fsp3) is 0.500. The molecule has 0 spiro atoms. The van der Waals surface area contributed by atoms with Crippen molar-refractivity contribution >= 4 is 38.3 Å². The summed E-state index contributed by atoms with van der Waals surface area (Å²) >= 11 is 7.84. The Morgan fingerprint density at radius 1 is 1.33 bits per heavy atom. The topological polar surface area (TPSA) is 24.9 Å². The van der Waals surface area contributed by atoms with Gasteiger partial charge in [0.25, 0.3) is 0 Å². The van der Waals surface area contributed by atoms with Crippen LogP contribution in [0.25, 0.3) is 10.2 Å². The smallest absolute Gasteiger partial charge is 0.184 e. The van der Waals surface area contributed by atoms with Gasteiger partial charge in [0, 0.05) is 6.04 Å². The number of halogens is 1. The third-order valence-corrected chi connectivity index (χ3v) is 5.60. The fourth-order valence-corrected chi connectivity index (χ4v) is 3.92. The van der Waals surface area contributed by atoms with Gasteiger partial charge < -0.3 is 5.32 Å². The molecule has 1 heterocycles. The molecule has 1 N–H and O–H groups in total. The van der Waals surface area contributed by atoms with Gasteiger partial charge in [0.05, 0.1) is 15.2 Å². The van der Waals surface area contributed by atoms with Gasteiger partial charge in [-0.3, -0.25) is 0 Å². The van der Waals surface area contributed by atoms with Crippen molar-refractivity contribution in [1.29, 1.82) is 0 Å². The molecule has 0 radical (unpaired) electrons. The molecule has 2 nitrogen and oxygen atoms in total. The summed E-state index contributed by atoms with van der Waals surface area (Å²) in [4.78, 5) is 4.62. The molecule has 2 aromatic rings. The van der Waals surface area contributed by atoms with E-state index in [1.807, 2.05) is 18.2 Å². The molecule has 3 rings (SSSR count). The van der Waals surface area contributed by atoms with Crippen LogP contribution in [-0.4, -0.2) is 11.0 Å². The Kier molecular flexibility index (Phi) is 3.20. The summed E-state index contributed by atoms with van der Waals surface area (Å²) in [5.74, 6) is 1.52. The first-order valence-electron chi connectivity index (χ1n) is 6.46. The molecule has 1 saturated carbocycles. The van der Waals surface area contributed by atoms with Crippen molar-refractivity contribution in [3.8, 4) is 0 Å². The lowest BCUT2D eigenvalue weighted by atomic mass is 9.98. The van der Waals surface area contributed by atoms with Gasteiger partial charge in [-0.15, -0.1) is 0 Å². The first-order valence-corrected chi connectivity index (χ1v) is 7.66. The number of anilines is 1. The number of nitrogens with one attached hydrogen (secondary N) is 1. The highest BCUT2D eigenvalue weighted by Gasteiger charge is 2.30. The number of aromatic nitrogens is 1. The average molecular weight is 281 g/mol. The van der Waals surface area contributed by atoms with Crippen molar-refractivity contribution < 1.29 is 0 Å². The number of benzene rings is 1. The molecule has 0 saturated heterocycles. The fourth-order valence-electron chi connectivity index (χ4n) is 2.70. The highest BCUT2D eigenvalue weighted by molar-refractivity contribution is 7.22. The molecule has 0 amide bonds. The molecular formula is C14H17ClN2S. The Morgan fingerprint density at radius 3 is 2.83 bits per heavy atom. The van der Waals surface area contributed by atoms with Gasteiger partial charge in [-0.05, 0) is 36.8 Å². The second kappa shape index (κ2) is 4.71. The molecule has 1 aliphatic rings. The lowest BCUT2D eigenvalue weighted by Crippen LogP contribution is -2.23. The van der Waals surface area contributed by atoms with Crippen LogP contribution in [0, 0.1) is 11.8 Å². The average Bonchev–Trinajstić information content (AvgIpc) is 2.89. The van der Waals surface area contributed by atoms with Crippen LogP contribution in [-0.2, 0) is 0 Å². The van der Waals surface area contributed by atoms with Gasteiger partial charge in [0.15, 0.2) is 5.13 Å². The van der Waals surface area contributed by atoms with Gasteiger partial charge in [-0.25, -0.2) is 4.98 Å². The maximum atomic E-state index is 6.18. The summed E-state index contributed by atoms with van der Waals surface area (Å²) in [5.41, 5.74) is 0.994. The van der Waals surface area contributed by atoms with E-state index >= 15 is 0 Å². The lowest BCUT2D eigenvalue weighted by molar-refractivity contribution is 0.435. The van der Waals surface area contributed by atoms with E-state index in [1.165, 1.54) is 12.8 Å². The van der Waals surface area contributed by atoms with Crippen LogP contribution in [0.5, 0.6) is 0 Å². The molecule has 3 atom stereocenters. The van der Waals surface area contributed by atoms with E-state index in [0.29, 0.717) is 12.0 Å². The summed E-state index contributed by atoms with van der Waals surface area (Å²) in [6.45, 7) is 4.66. The quantitative estimate of drug-likeness (QED) is 0.855. The van der Waals surface area contributed by atoms with Crippen molar-refractivity contribution in [1.82, 2.24) is 4.98 Å². The standard InChI is InChI=1S/C14H17ClN2S/c1-8-6-7-11(9(8)2)16-14-17-12-5-3-4-10(15)13(12)18-14/h3-5,8-9,11H,6-7H2,1-2H3,(H,16,17). The Morgan fingerprint density at radius 2 is 2.17 bits per heavy atom. The number of nitrogens with zero attached hydrogens (tertiary/aromatic N) is 1. The highest BCUT2D eigenvalue weighted by Crippen LogP contribution is 2.36. The third kappa shape index (κ3) is 2.10. The van der Waals surface area contributed by atoms with Crippen molar-refractivity contribution in [3.05, 3.63) is 23.2 Å². The summed E-state index contributed by atoms with van der Waals surface area (Å²) in [6.07, 6.45) is 2.55. The molecule has 1 aromatic carbocycles. The van der Waals surface area contributed by atoms with Gasteiger partial charge in [-0.1, -0.05) is 42.9 Å². The van der Waals surface area contributed by atoms with Crippen molar-refractivity contribution in [2.75, 3.05) is 5.32 Å². The zero-order chi connectivity index (χ0) is 12.7. The van der Waals surface area contributed by atoms with Crippen molar-refractivity contribution in [2.45, 2.75) is 32.7 Å². The molecule has 96 valence electrons. The molecule has 4 heteroatoms. The summed E-state index contributed by atoms with van der Waals surface area (Å²) in [5, 5.41) is 5.39. The van der Waals surface area contributed by atoms with E-state index in [9.17, 15) is 0 Å². The van der Waals surface area contributed by atoms with E-state index < -0.39 is 0 Å². The van der Waals surface area contributed by atoms with Gasteiger partial charge >= 0.3 is 0 Å². The number of hydrogen-bond donors (Lipinski definition) is 1. The second-order valence-electron chi connectivity index (χ2n) is 5.27. The molecule has 18 heavy (non-hydrogen) atoms. The molecule has 1 fully saturated rings. The molecule has 1 aliphatic carbocycles. The Bertz CT molecular complexity index is 566. The second-order valence-corrected chi connectivity index (χ2v) is 6.68. The van der Waals surface area contributed by atoms with Crippen LogP contribution in [0.3, 0.4) is 0 Å². The van der Waals surface area contributed by atoms with Crippen LogP contribution < -0.4 is 5.32 Å².